The molecule has 0 bridgehead atoms. The van der Waals surface area contributed by atoms with E-state index in [1.807, 2.05) is 58.3 Å². The first kappa shape index (κ1) is 17.9. The molecule has 0 aliphatic carbocycles. The molecule has 4 rings (SSSR count). The number of benzene rings is 1. The molecule has 1 N–H and O–H groups in total. The highest BCUT2D eigenvalue weighted by atomic mass is 32.1. The van der Waals surface area contributed by atoms with Crippen LogP contribution in [0, 0.1) is 5.92 Å². The zero-order chi connectivity index (χ0) is 18.8. The second kappa shape index (κ2) is 7.66. The molecule has 0 unspecified atom stereocenters. The number of thiazole rings is 1. The van der Waals surface area contributed by atoms with E-state index >= 15 is 0 Å². The highest BCUT2D eigenvalue weighted by Crippen LogP contribution is 2.21. The van der Waals surface area contributed by atoms with Crippen molar-refractivity contribution in [2.45, 2.75) is 12.8 Å². The minimum atomic E-state index is -0.110. The number of amides is 2. The Labute approximate surface area is 164 Å². The summed E-state index contributed by atoms with van der Waals surface area (Å²) >= 11 is 3.00. The molecular weight excluding hydrogens is 380 g/mol. The van der Waals surface area contributed by atoms with Gasteiger partial charge in [-0.2, -0.15) is 0 Å². The van der Waals surface area contributed by atoms with E-state index < -0.39 is 0 Å². The third-order valence-electron chi connectivity index (χ3n) is 4.86. The molecule has 6 nitrogen and oxygen atoms in total. The van der Waals surface area contributed by atoms with Crippen molar-refractivity contribution in [2.75, 3.05) is 13.1 Å². The van der Waals surface area contributed by atoms with Gasteiger partial charge >= 0.3 is 0 Å². The number of thiophene rings is 1. The number of aromatic nitrogens is 1. The fourth-order valence-corrected chi connectivity index (χ4v) is 4.95. The molecule has 3 heterocycles. The number of carbonyl (C=O) groups is 2. The highest BCUT2D eigenvalue weighted by molar-refractivity contribution is 7.16. The van der Waals surface area contributed by atoms with Crippen LogP contribution in [0.3, 0.4) is 0 Å². The van der Waals surface area contributed by atoms with Crippen molar-refractivity contribution in [3.05, 3.63) is 51.5 Å². The summed E-state index contributed by atoms with van der Waals surface area (Å²) in [6.07, 6.45) is 1.33. The van der Waals surface area contributed by atoms with E-state index in [-0.39, 0.29) is 17.7 Å². The maximum Gasteiger partial charge on any atom is 0.263 e. The van der Waals surface area contributed by atoms with Gasteiger partial charge in [0.15, 0.2) is 0 Å². The fraction of sp³-hybridized carbons (Fsp3) is 0.316. The molecule has 1 fully saturated rings. The van der Waals surface area contributed by atoms with Crippen LogP contribution in [0.15, 0.2) is 46.9 Å². The topological polar surface area (TPSA) is 66.7 Å². The van der Waals surface area contributed by atoms with Crippen LogP contribution in [0.25, 0.3) is 10.2 Å². The Bertz CT molecular complexity index is 1030. The van der Waals surface area contributed by atoms with Gasteiger partial charge in [-0.05, 0) is 36.4 Å². The van der Waals surface area contributed by atoms with Crippen LogP contribution in [0.5, 0.6) is 0 Å². The standard InChI is InChI=1S/C19H20N4O2S2/c1-22-14-5-2-3-6-15(14)27-19(22)21-20-17(24)13-8-10-23(11-9-13)18(25)16-7-4-12-26-16/h2-7,12-13H,8-11H2,1H3,(H,20,24)/b21-19+. The first-order chi connectivity index (χ1) is 13.1. The third kappa shape index (κ3) is 3.68. The Morgan fingerprint density at radius 3 is 2.63 bits per heavy atom. The van der Waals surface area contributed by atoms with Crippen molar-refractivity contribution in [3.63, 3.8) is 0 Å². The van der Waals surface area contributed by atoms with Gasteiger partial charge in [0.2, 0.25) is 10.7 Å². The molecule has 0 radical (unpaired) electrons. The van der Waals surface area contributed by atoms with Crippen molar-refractivity contribution in [3.8, 4) is 0 Å². The van der Waals surface area contributed by atoms with Crippen LogP contribution in [0.1, 0.15) is 22.5 Å². The molecule has 27 heavy (non-hydrogen) atoms. The van der Waals surface area contributed by atoms with Crippen LogP contribution in [-0.4, -0.2) is 34.4 Å². The number of hydrogen-bond donors (Lipinski definition) is 1. The van der Waals surface area contributed by atoms with Crippen molar-refractivity contribution in [1.29, 1.82) is 0 Å². The highest BCUT2D eigenvalue weighted by Gasteiger charge is 2.28. The molecule has 1 aliphatic rings. The number of piperidine rings is 1. The number of nitrogens with zero attached hydrogens (tertiary/aromatic N) is 3. The van der Waals surface area contributed by atoms with E-state index in [4.69, 9.17) is 0 Å². The van der Waals surface area contributed by atoms with Gasteiger partial charge in [-0.15, -0.1) is 16.4 Å². The summed E-state index contributed by atoms with van der Waals surface area (Å²) in [7, 11) is 1.94. The van der Waals surface area contributed by atoms with E-state index in [0.29, 0.717) is 25.9 Å². The SMILES string of the molecule is Cn1/c(=N\NC(=O)C2CCN(C(=O)c3cccs3)CC2)sc2ccccc21. The average Bonchev–Trinajstić information content (AvgIpc) is 3.35. The Kier molecular flexibility index (Phi) is 5.09. The van der Waals surface area contributed by atoms with E-state index in [1.165, 1.54) is 11.3 Å². The van der Waals surface area contributed by atoms with Crippen LogP contribution in [0.2, 0.25) is 0 Å². The smallest absolute Gasteiger partial charge is 0.263 e. The summed E-state index contributed by atoms with van der Waals surface area (Å²) in [5.74, 6) is -0.123. The lowest BCUT2D eigenvalue weighted by Gasteiger charge is -2.30. The maximum atomic E-state index is 12.5. The van der Waals surface area contributed by atoms with E-state index in [2.05, 4.69) is 10.5 Å². The van der Waals surface area contributed by atoms with Gasteiger partial charge in [-0.25, -0.2) is 5.43 Å². The lowest BCUT2D eigenvalue weighted by molar-refractivity contribution is -0.126. The molecule has 2 aromatic heterocycles. The Balaban J connectivity index is 1.38. The van der Waals surface area contributed by atoms with Gasteiger partial charge in [0, 0.05) is 26.1 Å². The molecule has 0 spiro atoms. The number of rotatable bonds is 3. The molecule has 2 amide bonds. The molecule has 8 heteroatoms. The van der Waals surface area contributed by atoms with Crippen molar-refractivity contribution in [1.82, 2.24) is 14.9 Å². The van der Waals surface area contributed by atoms with Gasteiger partial charge in [0.25, 0.3) is 5.91 Å². The number of nitrogens with one attached hydrogen (secondary N) is 1. The molecule has 0 saturated carbocycles. The van der Waals surface area contributed by atoms with Crippen LogP contribution in [0.4, 0.5) is 0 Å². The van der Waals surface area contributed by atoms with Gasteiger partial charge in [-0.3, -0.25) is 9.59 Å². The Hall–Kier alpha value is -2.45. The van der Waals surface area contributed by atoms with Crippen LogP contribution in [-0.2, 0) is 11.8 Å². The number of aryl methyl sites for hydroxylation is 1. The normalized spacial score (nSPS) is 16.0. The molecule has 3 aromatic rings. The molecule has 1 aromatic carbocycles. The molecule has 140 valence electrons. The van der Waals surface area contributed by atoms with Crippen LogP contribution < -0.4 is 10.2 Å². The molecular formula is C19H20N4O2S2. The first-order valence-corrected chi connectivity index (χ1v) is 10.5. The lowest BCUT2D eigenvalue weighted by Crippen LogP contribution is -2.42. The van der Waals surface area contributed by atoms with Crippen molar-refractivity contribution >= 4 is 44.7 Å². The first-order valence-electron chi connectivity index (χ1n) is 8.84. The molecule has 1 saturated heterocycles. The number of fused-ring (bicyclic) bond motifs is 1. The Morgan fingerprint density at radius 2 is 1.93 bits per heavy atom. The fourth-order valence-electron chi connectivity index (χ4n) is 3.28. The van der Waals surface area contributed by atoms with E-state index in [1.54, 1.807) is 11.3 Å². The summed E-state index contributed by atoms with van der Waals surface area (Å²) < 4.78 is 3.11. The predicted molar refractivity (Wildman–Crippen MR) is 107 cm³/mol. The van der Waals surface area contributed by atoms with Gasteiger partial charge in [0.05, 0.1) is 15.1 Å². The van der Waals surface area contributed by atoms with Gasteiger partial charge in [-0.1, -0.05) is 29.5 Å². The quantitative estimate of drug-likeness (QED) is 0.687. The lowest BCUT2D eigenvalue weighted by atomic mass is 9.96. The average molecular weight is 401 g/mol. The summed E-state index contributed by atoms with van der Waals surface area (Å²) in [6, 6.07) is 11.8. The second-order valence-corrected chi connectivity index (χ2v) is 8.50. The van der Waals surface area contributed by atoms with E-state index in [0.717, 1.165) is 19.9 Å². The predicted octanol–water partition coefficient (Wildman–Crippen LogP) is 2.79. The summed E-state index contributed by atoms with van der Waals surface area (Å²) in [4.78, 5) is 28.2. The summed E-state index contributed by atoms with van der Waals surface area (Å²) in [6.45, 7) is 1.21. The maximum absolute atomic E-state index is 12.5. The van der Waals surface area contributed by atoms with Crippen molar-refractivity contribution < 1.29 is 9.59 Å². The zero-order valence-electron chi connectivity index (χ0n) is 14.9. The summed E-state index contributed by atoms with van der Waals surface area (Å²) in [5.41, 5.74) is 3.81. The van der Waals surface area contributed by atoms with Crippen molar-refractivity contribution in [2.24, 2.45) is 18.1 Å². The van der Waals surface area contributed by atoms with Gasteiger partial charge < -0.3 is 9.47 Å². The third-order valence-corrected chi connectivity index (χ3v) is 6.83. The number of likely N-dealkylation sites (tertiary alicyclic amines) is 1. The zero-order valence-corrected chi connectivity index (χ0v) is 16.6. The minimum Gasteiger partial charge on any atom is -0.338 e. The summed E-state index contributed by atoms with van der Waals surface area (Å²) in [5, 5.41) is 6.22. The Morgan fingerprint density at radius 1 is 1.15 bits per heavy atom. The minimum absolute atomic E-state index is 0.0610. The largest absolute Gasteiger partial charge is 0.338 e. The van der Waals surface area contributed by atoms with Gasteiger partial charge in [0.1, 0.15) is 0 Å². The van der Waals surface area contributed by atoms with Crippen LogP contribution >= 0.6 is 22.7 Å². The second-order valence-electron chi connectivity index (χ2n) is 6.54. The monoisotopic (exact) mass is 400 g/mol. The molecule has 1 aliphatic heterocycles. The number of para-hydroxylation sites is 1. The molecule has 0 atom stereocenters. The van der Waals surface area contributed by atoms with E-state index in [9.17, 15) is 9.59 Å². The number of hydrogen-bond acceptors (Lipinski definition) is 5. The number of carbonyl (C=O) groups excluding carboxylic acids is 2.